The normalized spacial score (nSPS) is 11.2. The van der Waals surface area contributed by atoms with Gasteiger partial charge in [-0.25, -0.2) is 0 Å². The molecule has 0 amide bonds. The van der Waals surface area contributed by atoms with Crippen molar-refractivity contribution in [2.45, 2.75) is 0 Å². The number of halogens is 2. The van der Waals surface area contributed by atoms with Gasteiger partial charge in [0, 0.05) is 19.7 Å². The second-order valence-electron chi connectivity index (χ2n) is 3.81. The summed E-state index contributed by atoms with van der Waals surface area (Å²) in [6.07, 6.45) is 0. The van der Waals surface area contributed by atoms with Crippen LogP contribution in [0.1, 0.15) is 0 Å². The Bertz CT molecular complexity index is 792. The van der Waals surface area contributed by atoms with Gasteiger partial charge in [-0.15, -0.1) is 0 Å². The van der Waals surface area contributed by atoms with Crippen molar-refractivity contribution in [2.75, 3.05) is 0 Å². The second kappa shape index (κ2) is 3.96. The van der Waals surface area contributed by atoms with E-state index in [9.17, 15) is 4.79 Å². The third kappa shape index (κ3) is 1.72. The van der Waals surface area contributed by atoms with Crippen molar-refractivity contribution in [3.8, 4) is 0 Å². The minimum absolute atomic E-state index is 0.0591. The van der Waals surface area contributed by atoms with Gasteiger partial charge in [-0.2, -0.15) is 0 Å². The zero-order valence-electron chi connectivity index (χ0n) is 8.63. The Morgan fingerprint density at radius 2 is 1.65 bits per heavy atom. The highest BCUT2D eigenvalue weighted by molar-refractivity contribution is 9.11. The van der Waals surface area contributed by atoms with Gasteiger partial charge in [0.2, 0.25) is 0 Å². The van der Waals surface area contributed by atoms with E-state index in [-0.39, 0.29) is 5.56 Å². The molecular weight excluding hydrogens is 346 g/mol. The predicted molar refractivity (Wildman–Crippen MR) is 77.5 cm³/mol. The summed E-state index contributed by atoms with van der Waals surface area (Å²) in [7, 11) is 0. The third-order valence-corrected chi connectivity index (χ3v) is 3.84. The number of benzene rings is 2. The van der Waals surface area contributed by atoms with Crippen molar-refractivity contribution < 1.29 is 0 Å². The smallest absolute Gasteiger partial charge is 0.256 e. The molecule has 0 unspecified atom stereocenters. The molecule has 0 aliphatic carbocycles. The topological polar surface area (TPSA) is 32.9 Å². The first-order valence-electron chi connectivity index (χ1n) is 5.06. The highest BCUT2D eigenvalue weighted by Crippen LogP contribution is 2.30. The maximum absolute atomic E-state index is 11.9. The minimum Gasteiger partial charge on any atom is -0.320 e. The fourth-order valence-electron chi connectivity index (χ4n) is 2.01. The van der Waals surface area contributed by atoms with Crippen LogP contribution in [-0.2, 0) is 0 Å². The van der Waals surface area contributed by atoms with Crippen LogP contribution in [0.4, 0.5) is 0 Å². The molecule has 0 saturated carbocycles. The summed E-state index contributed by atoms with van der Waals surface area (Å²) < 4.78 is 1.86. The predicted octanol–water partition coefficient (Wildman–Crippen LogP) is 4.21. The van der Waals surface area contributed by atoms with Gasteiger partial charge in [0.15, 0.2) is 0 Å². The van der Waals surface area contributed by atoms with Crippen LogP contribution in [0.2, 0.25) is 0 Å². The molecule has 3 rings (SSSR count). The molecule has 3 aromatic rings. The van der Waals surface area contributed by atoms with Crippen LogP contribution in [-0.4, -0.2) is 4.98 Å². The van der Waals surface area contributed by atoms with Crippen molar-refractivity contribution in [3.63, 3.8) is 0 Å². The Kier molecular flexibility index (Phi) is 2.56. The fourth-order valence-corrected chi connectivity index (χ4v) is 3.33. The Morgan fingerprint density at radius 3 is 2.41 bits per heavy atom. The molecule has 84 valence electrons. The highest BCUT2D eigenvalue weighted by atomic mass is 79.9. The van der Waals surface area contributed by atoms with Crippen molar-refractivity contribution in [1.82, 2.24) is 4.98 Å². The molecule has 17 heavy (non-hydrogen) atoms. The average molecular weight is 353 g/mol. The molecule has 0 radical (unpaired) electrons. The van der Waals surface area contributed by atoms with Crippen LogP contribution in [0.25, 0.3) is 21.7 Å². The number of hydrogen-bond donors (Lipinski definition) is 1. The lowest BCUT2D eigenvalue weighted by Crippen LogP contribution is -2.06. The largest absolute Gasteiger partial charge is 0.320 e. The number of aromatic nitrogens is 1. The maximum Gasteiger partial charge on any atom is 0.256 e. The van der Waals surface area contributed by atoms with Gasteiger partial charge in [-0.05, 0) is 39.5 Å². The summed E-state index contributed by atoms with van der Waals surface area (Å²) in [5.41, 5.74) is 0.771. The van der Waals surface area contributed by atoms with Crippen LogP contribution in [0.3, 0.4) is 0 Å². The molecular formula is C13H7Br2NO. The fraction of sp³-hybridized carbons (Fsp3) is 0. The molecule has 0 saturated heterocycles. The molecule has 0 atom stereocenters. The molecule has 1 aromatic heterocycles. The average Bonchev–Trinajstić information content (AvgIpc) is 2.31. The van der Waals surface area contributed by atoms with Gasteiger partial charge in [0.25, 0.3) is 5.56 Å². The summed E-state index contributed by atoms with van der Waals surface area (Å²) in [6.45, 7) is 0. The van der Waals surface area contributed by atoms with Crippen LogP contribution in [0.5, 0.6) is 0 Å². The first kappa shape index (κ1) is 11.0. The van der Waals surface area contributed by atoms with Crippen LogP contribution in [0, 0.1) is 0 Å². The SMILES string of the molecule is O=c1[nH]c2c(Br)cc(Br)cc2c2ccccc12. The van der Waals surface area contributed by atoms with E-state index < -0.39 is 0 Å². The summed E-state index contributed by atoms with van der Waals surface area (Å²) in [5.74, 6) is 0. The van der Waals surface area contributed by atoms with E-state index in [1.165, 1.54) is 0 Å². The molecule has 4 heteroatoms. The monoisotopic (exact) mass is 351 g/mol. The lowest BCUT2D eigenvalue weighted by Gasteiger charge is -2.06. The van der Waals surface area contributed by atoms with Gasteiger partial charge in [0.05, 0.1) is 5.52 Å². The van der Waals surface area contributed by atoms with Gasteiger partial charge >= 0.3 is 0 Å². The molecule has 0 aliphatic rings. The Morgan fingerprint density at radius 1 is 0.941 bits per heavy atom. The van der Waals surface area contributed by atoms with Crippen molar-refractivity contribution in [3.05, 3.63) is 55.7 Å². The summed E-state index contributed by atoms with van der Waals surface area (Å²) >= 11 is 6.93. The standard InChI is InChI=1S/C13H7Br2NO/c14-7-5-10-8-3-1-2-4-9(8)13(17)16-12(10)11(15)6-7/h1-6H,(H,16,17). The first-order valence-corrected chi connectivity index (χ1v) is 6.65. The molecule has 0 bridgehead atoms. The zero-order chi connectivity index (χ0) is 12.0. The maximum atomic E-state index is 11.9. The first-order chi connectivity index (χ1) is 8.16. The van der Waals surface area contributed by atoms with Crippen molar-refractivity contribution in [2.24, 2.45) is 0 Å². The number of aromatic amines is 1. The molecule has 1 heterocycles. The molecule has 2 nitrogen and oxygen atoms in total. The molecule has 1 N–H and O–H groups in total. The second-order valence-corrected chi connectivity index (χ2v) is 5.58. The van der Waals surface area contributed by atoms with Gasteiger partial charge < -0.3 is 4.98 Å². The Balaban J connectivity index is 2.68. The quantitative estimate of drug-likeness (QED) is 0.604. The van der Waals surface area contributed by atoms with E-state index in [1.807, 2.05) is 36.4 Å². The number of hydrogen-bond acceptors (Lipinski definition) is 1. The van der Waals surface area contributed by atoms with Crippen LogP contribution in [0.15, 0.2) is 50.1 Å². The van der Waals surface area contributed by atoms with E-state index in [1.54, 1.807) is 0 Å². The van der Waals surface area contributed by atoms with Crippen LogP contribution < -0.4 is 5.56 Å². The summed E-state index contributed by atoms with van der Waals surface area (Å²) in [4.78, 5) is 14.8. The number of pyridine rings is 1. The van der Waals surface area contributed by atoms with Gasteiger partial charge in [-0.1, -0.05) is 34.1 Å². The van der Waals surface area contributed by atoms with Gasteiger partial charge in [0.1, 0.15) is 0 Å². The lowest BCUT2D eigenvalue weighted by molar-refractivity contribution is 1.33. The Labute approximate surface area is 114 Å². The number of nitrogens with one attached hydrogen (secondary N) is 1. The third-order valence-electron chi connectivity index (χ3n) is 2.76. The van der Waals surface area contributed by atoms with E-state index >= 15 is 0 Å². The molecule has 2 aromatic carbocycles. The minimum atomic E-state index is -0.0591. The summed E-state index contributed by atoms with van der Waals surface area (Å²) in [5, 5.41) is 2.71. The van der Waals surface area contributed by atoms with Crippen molar-refractivity contribution >= 4 is 53.5 Å². The number of rotatable bonds is 0. The lowest BCUT2D eigenvalue weighted by atomic mass is 10.1. The molecule has 0 spiro atoms. The highest BCUT2D eigenvalue weighted by Gasteiger charge is 2.07. The van der Waals surface area contributed by atoms with E-state index in [2.05, 4.69) is 36.8 Å². The zero-order valence-corrected chi connectivity index (χ0v) is 11.8. The summed E-state index contributed by atoms with van der Waals surface area (Å²) in [6, 6.07) is 11.5. The Hall–Kier alpha value is -1.13. The van der Waals surface area contributed by atoms with E-state index in [4.69, 9.17) is 0 Å². The van der Waals surface area contributed by atoms with E-state index in [0.29, 0.717) is 5.39 Å². The number of H-pyrrole nitrogens is 1. The van der Waals surface area contributed by atoms with Crippen molar-refractivity contribution in [1.29, 1.82) is 0 Å². The van der Waals surface area contributed by atoms with E-state index in [0.717, 1.165) is 25.2 Å². The number of fused-ring (bicyclic) bond motifs is 3. The van der Waals surface area contributed by atoms with Crippen LogP contribution >= 0.6 is 31.9 Å². The molecule has 0 aliphatic heterocycles. The molecule has 0 fully saturated rings. The van der Waals surface area contributed by atoms with Gasteiger partial charge in [-0.3, -0.25) is 4.79 Å².